The first-order valence-corrected chi connectivity index (χ1v) is 14.5. The lowest BCUT2D eigenvalue weighted by Gasteiger charge is -2.58. The highest BCUT2D eigenvalue weighted by molar-refractivity contribution is 5.76. The molecule has 3 heteroatoms. The van der Waals surface area contributed by atoms with Crippen molar-refractivity contribution in [2.24, 2.45) is 34.5 Å². The van der Waals surface area contributed by atoms with E-state index in [0.717, 1.165) is 42.6 Å². The Morgan fingerprint density at radius 1 is 1.06 bits per heavy atom. The second kappa shape index (κ2) is 8.75. The molecular weight excluding hydrogens is 428 g/mol. The molecule has 1 aromatic carbocycles. The minimum absolute atomic E-state index is 0.313. The van der Waals surface area contributed by atoms with E-state index < -0.39 is 0 Å². The third kappa shape index (κ3) is 3.66. The van der Waals surface area contributed by atoms with Crippen LogP contribution < -0.4 is 0 Å². The molecule has 0 radical (unpaired) electrons. The smallest absolute Gasteiger partial charge is 0.222 e. The predicted molar refractivity (Wildman–Crippen MR) is 143 cm³/mol. The van der Waals surface area contributed by atoms with Crippen molar-refractivity contribution in [3.8, 4) is 0 Å². The summed E-state index contributed by atoms with van der Waals surface area (Å²) in [4.78, 5) is 17.8. The molecule has 1 amide bonds. The second-order valence-electron chi connectivity index (χ2n) is 13.3. The molecular formula is C32H46N2O. The largest absolute Gasteiger partial charge is 0.342 e. The summed E-state index contributed by atoms with van der Waals surface area (Å²) in [7, 11) is 4.44. The Bertz CT molecular complexity index is 987. The van der Waals surface area contributed by atoms with Crippen LogP contribution in [0.15, 0.2) is 42.0 Å². The lowest BCUT2D eigenvalue weighted by molar-refractivity contribution is -0.133. The Hall–Kier alpha value is -1.61. The van der Waals surface area contributed by atoms with E-state index in [1.807, 2.05) is 6.07 Å². The highest BCUT2D eigenvalue weighted by Crippen LogP contribution is 2.68. The number of benzene rings is 1. The average Bonchev–Trinajstić information content (AvgIpc) is 3.35. The number of carbonyl (C=O) groups excluding carboxylic acids is 1. The maximum atomic E-state index is 13.1. The standard InChI is InChI=1S/C32H46N2O/c1-22-27-13-14-29-26-12-11-24-20-25(34(4)30(35)15-10-23-8-6-5-7-9-23)16-18-31(24,2)28(26)17-19-32(27,29)21-33(22)3/h5-9,11,22,25-29H,10,12-21H2,1-4H3/t22-,25-,26+,27+,28-,29-,31-,32-/m0/s1. The molecule has 4 aliphatic carbocycles. The van der Waals surface area contributed by atoms with Crippen LogP contribution in [0, 0.1) is 34.5 Å². The summed E-state index contributed by atoms with van der Waals surface area (Å²) < 4.78 is 0. The maximum absolute atomic E-state index is 13.1. The molecule has 1 aromatic rings. The van der Waals surface area contributed by atoms with Gasteiger partial charge in [0.05, 0.1) is 0 Å². The molecule has 1 heterocycles. The van der Waals surface area contributed by atoms with Gasteiger partial charge in [0.2, 0.25) is 5.91 Å². The van der Waals surface area contributed by atoms with Crippen molar-refractivity contribution >= 4 is 5.91 Å². The van der Waals surface area contributed by atoms with Crippen molar-refractivity contribution in [3.63, 3.8) is 0 Å². The number of hydrogen-bond donors (Lipinski definition) is 0. The van der Waals surface area contributed by atoms with E-state index in [2.05, 4.69) is 68.1 Å². The number of fused-ring (bicyclic) bond motifs is 4. The van der Waals surface area contributed by atoms with Gasteiger partial charge in [0.1, 0.15) is 0 Å². The maximum Gasteiger partial charge on any atom is 0.222 e. The Labute approximate surface area is 213 Å². The highest BCUT2D eigenvalue weighted by atomic mass is 16.2. The summed E-state index contributed by atoms with van der Waals surface area (Å²) in [6.07, 6.45) is 14.8. The molecule has 0 unspecified atom stereocenters. The number of nitrogens with zero attached hydrogens (tertiary/aromatic N) is 2. The zero-order valence-corrected chi connectivity index (χ0v) is 22.5. The molecule has 1 spiro atoms. The fraction of sp³-hybridized carbons (Fsp3) is 0.719. The molecule has 6 rings (SSSR count). The van der Waals surface area contributed by atoms with Gasteiger partial charge in [-0.2, -0.15) is 0 Å². The van der Waals surface area contributed by atoms with Gasteiger partial charge in [0.15, 0.2) is 0 Å². The summed E-state index contributed by atoms with van der Waals surface area (Å²) in [5, 5.41) is 0. The number of hydrogen-bond acceptors (Lipinski definition) is 2. The number of likely N-dealkylation sites (tertiary alicyclic amines) is 1. The van der Waals surface area contributed by atoms with Crippen LogP contribution in [-0.2, 0) is 11.2 Å². The van der Waals surface area contributed by atoms with Crippen LogP contribution >= 0.6 is 0 Å². The van der Waals surface area contributed by atoms with E-state index in [0.29, 0.717) is 29.2 Å². The zero-order valence-electron chi connectivity index (χ0n) is 22.5. The highest BCUT2D eigenvalue weighted by Gasteiger charge is 2.64. The minimum atomic E-state index is 0.313. The summed E-state index contributed by atoms with van der Waals surface area (Å²) in [5.41, 5.74) is 3.93. The van der Waals surface area contributed by atoms with Gasteiger partial charge in [-0.05, 0) is 112 Å². The lowest BCUT2D eigenvalue weighted by atomic mass is 9.47. The van der Waals surface area contributed by atoms with Crippen LogP contribution in [0.3, 0.4) is 0 Å². The molecule has 0 bridgehead atoms. The fourth-order valence-electron chi connectivity index (χ4n) is 10.1. The minimum Gasteiger partial charge on any atom is -0.342 e. The van der Waals surface area contributed by atoms with Crippen molar-refractivity contribution in [2.45, 2.75) is 90.1 Å². The topological polar surface area (TPSA) is 23.6 Å². The van der Waals surface area contributed by atoms with Crippen molar-refractivity contribution in [1.29, 1.82) is 0 Å². The number of amides is 1. The number of rotatable bonds is 4. The number of aryl methyl sites for hydroxylation is 1. The van der Waals surface area contributed by atoms with Crippen molar-refractivity contribution < 1.29 is 4.79 Å². The first-order chi connectivity index (χ1) is 16.8. The van der Waals surface area contributed by atoms with Gasteiger partial charge in [-0.3, -0.25) is 4.79 Å². The van der Waals surface area contributed by atoms with Gasteiger partial charge in [0, 0.05) is 32.1 Å². The Morgan fingerprint density at radius 3 is 2.63 bits per heavy atom. The number of carbonyl (C=O) groups is 1. The summed E-state index contributed by atoms with van der Waals surface area (Å²) in [5.74, 6) is 3.94. The fourth-order valence-corrected chi connectivity index (χ4v) is 10.1. The SMILES string of the molecule is C[C@H]1[C@H]2CC[C@H]3[C@@H]4CC=C5C[C@@H](N(C)C(=O)CCc6ccccc6)CC[C@]5(C)[C@H]4CC[C@]23CN1C. The summed E-state index contributed by atoms with van der Waals surface area (Å²) >= 11 is 0. The van der Waals surface area contributed by atoms with E-state index in [4.69, 9.17) is 0 Å². The van der Waals surface area contributed by atoms with Gasteiger partial charge in [0.25, 0.3) is 0 Å². The van der Waals surface area contributed by atoms with Crippen LogP contribution in [-0.4, -0.2) is 48.4 Å². The van der Waals surface area contributed by atoms with Gasteiger partial charge < -0.3 is 9.80 Å². The first kappa shape index (κ1) is 23.8. The lowest BCUT2D eigenvalue weighted by Crippen LogP contribution is -2.53. The third-order valence-electron chi connectivity index (χ3n) is 12.1. The average molecular weight is 475 g/mol. The molecule has 8 atom stereocenters. The zero-order chi connectivity index (χ0) is 24.4. The third-order valence-corrected chi connectivity index (χ3v) is 12.1. The summed E-state index contributed by atoms with van der Waals surface area (Å²) in [6, 6.07) is 11.6. The quantitative estimate of drug-likeness (QED) is 0.476. The van der Waals surface area contributed by atoms with Gasteiger partial charge in [-0.15, -0.1) is 0 Å². The molecule has 35 heavy (non-hydrogen) atoms. The Morgan fingerprint density at radius 2 is 1.83 bits per heavy atom. The Balaban J connectivity index is 1.14. The first-order valence-electron chi connectivity index (χ1n) is 14.5. The van der Waals surface area contributed by atoms with Crippen LogP contribution in [0.4, 0.5) is 0 Å². The van der Waals surface area contributed by atoms with Gasteiger partial charge in [-0.1, -0.05) is 48.9 Å². The van der Waals surface area contributed by atoms with E-state index in [-0.39, 0.29) is 0 Å². The van der Waals surface area contributed by atoms with Crippen molar-refractivity contribution in [2.75, 3.05) is 20.6 Å². The molecule has 190 valence electrons. The molecule has 1 saturated heterocycles. The van der Waals surface area contributed by atoms with E-state index in [1.54, 1.807) is 5.57 Å². The van der Waals surface area contributed by atoms with Gasteiger partial charge >= 0.3 is 0 Å². The van der Waals surface area contributed by atoms with Crippen molar-refractivity contribution in [1.82, 2.24) is 9.80 Å². The Kier molecular flexibility index (Phi) is 5.94. The molecule has 0 N–H and O–H groups in total. The van der Waals surface area contributed by atoms with Crippen LogP contribution in [0.2, 0.25) is 0 Å². The van der Waals surface area contributed by atoms with E-state index in [9.17, 15) is 4.79 Å². The second-order valence-corrected chi connectivity index (χ2v) is 13.3. The van der Waals surface area contributed by atoms with Crippen LogP contribution in [0.25, 0.3) is 0 Å². The van der Waals surface area contributed by atoms with Gasteiger partial charge in [-0.25, -0.2) is 0 Å². The molecule has 3 nitrogen and oxygen atoms in total. The molecule has 1 aliphatic heterocycles. The molecule has 5 aliphatic rings. The summed E-state index contributed by atoms with van der Waals surface area (Å²) in [6.45, 7) is 6.45. The number of allylic oxidation sites excluding steroid dienone is 1. The monoisotopic (exact) mass is 474 g/mol. The van der Waals surface area contributed by atoms with E-state index >= 15 is 0 Å². The normalized spacial score (nSPS) is 42.5. The molecule has 3 saturated carbocycles. The van der Waals surface area contributed by atoms with Crippen molar-refractivity contribution in [3.05, 3.63) is 47.5 Å². The molecule has 0 aromatic heterocycles. The van der Waals surface area contributed by atoms with Crippen LogP contribution in [0.1, 0.15) is 77.2 Å². The predicted octanol–water partition coefficient (Wildman–Crippen LogP) is 6.34. The van der Waals surface area contributed by atoms with E-state index in [1.165, 1.54) is 57.1 Å². The van der Waals surface area contributed by atoms with Crippen LogP contribution in [0.5, 0.6) is 0 Å². The molecule has 4 fully saturated rings.